The molecule has 1 aliphatic rings. The van der Waals surface area contributed by atoms with Crippen molar-refractivity contribution in [1.82, 2.24) is 20.1 Å². The van der Waals surface area contributed by atoms with E-state index in [-0.39, 0.29) is 5.52 Å². The number of hydrogen-bond donors (Lipinski definition) is 0. The number of hydrogen-bond acceptors (Lipinski definition) is 3. The van der Waals surface area contributed by atoms with Gasteiger partial charge in [0.2, 0.25) is 0 Å². The molecule has 1 aliphatic heterocycles. The molecule has 2 heterocycles. The first-order chi connectivity index (χ1) is 11.8. The Kier molecular flexibility index (Phi) is 3.71. The van der Waals surface area contributed by atoms with Gasteiger partial charge in [-0.3, -0.25) is 0 Å². The summed E-state index contributed by atoms with van der Waals surface area (Å²) in [5.41, 5.74) is -6.26. The molecular formula is C13H7F9N4. The number of nitrogens with zero attached hydrogens (tertiary/aromatic N) is 4. The summed E-state index contributed by atoms with van der Waals surface area (Å²) in [6.07, 6.45) is -9.70. The smallest absolute Gasteiger partial charge is 0.228 e. The maximum Gasteiger partial charge on any atom is 0.392 e. The lowest BCUT2D eigenvalue weighted by Crippen LogP contribution is -2.69. The van der Waals surface area contributed by atoms with Gasteiger partial charge in [-0.05, 0) is 12.1 Å². The van der Waals surface area contributed by atoms with Gasteiger partial charge in [0.05, 0.1) is 18.1 Å². The van der Waals surface area contributed by atoms with Crippen molar-refractivity contribution in [2.75, 3.05) is 0 Å². The van der Waals surface area contributed by atoms with Crippen LogP contribution in [-0.2, 0) is 5.92 Å². The average Bonchev–Trinajstić information content (AvgIpc) is 2.95. The molecule has 0 bridgehead atoms. The van der Waals surface area contributed by atoms with Crippen LogP contribution in [0.5, 0.6) is 0 Å². The number of aromatic nitrogens is 3. The average molecular weight is 390 g/mol. The molecule has 0 radical (unpaired) electrons. The van der Waals surface area contributed by atoms with Crippen LogP contribution in [0.4, 0.5) is 39.6 Å². The van der Waals surface area contributed by atoms with Gasteiger partial charge in [0.1, 0.15) is 5.52 Å². The number of rotatable bonds is 2. The highest BCUT2D eigenvalue weighted by atomic mass is 19.4. The fraction of sp³-hybridized carbons (Fsp3) is 0.385. The van der Waals surface area contributed by atoms with Gasteiger partial charge in [0.15, 0.2) is 5.83 Å². The molecule has 2 atom stereocenters. The minimum absolute atomic E-state index is 0.245. The molecule has 4 nitrogen and oxygen atoms in total. The van der Waals surface area contributed by atoms with E-state index in [2.05, 4.69) is 10.3 Å². The summed E-state index contributed by atoms with van der Waals surface area (Å²) in [6, 6.07) is 4.58. The Morgan fingerprint density at radius 1 is 1.04 bits per heavy atom. The van der Waals surface area contributed by atoms with Crippen LogP contribution in [0.25, 0.3) is 11.0 Å². The zero-order valence-corrected chi connectivity index (χ0v) is 12.3. The van der Waals surface area contributed by atoms with Gasteiger partial charge in [-0.1, -0.05) is 21.8 Å². The maximum absolute atomic E-state index is 15.4. The summed E-state index contributed by atoms with van der Waals surface area (Å²) in [5.74, 6) is -13.4. The second-order valence-corrected chi connectivity index (χ2v) is 5.53. The Bertz CT molecular complexity index is 876. The molecule has 142 valence electrons. The van der Waals surface area contributed by atoms with E-state index in [0.717, 1.165) is 12.1 Å². The van der Waals surface area contributed by atoms with Crippen LogP contribution < -0.4 is 0 Å². The van der Waals surface area contributed by atoms with Gasteiger partial charge in [-0.25, -0.2) is 8.78 Å². The van der Waals surface area contributed by atoms with E-state index in [9.17, 15) is 35.2 Å². The molecule has 1 aromatic carbocycles. The Hall–Kier alpha value is -2.47. The highest BCUT2D eigenvalue weighted by molar-refractivity contribution is 5.74. The predicted molar refractivity (Wildman–Crippen MR) is 68.2 cm³/mol. The zero-order valence-electron chi connectivity index (χ0n) is 12.3. The van der Waals surface area contributed by atoms with E-state index in [0.29, 0.717) is 0 Å². The quantitative estimate of drug-likeness (QED) is 0.435. The fourth-order valence-corrected chi connectivity index (χ4v) is 2.67. The van der Waals surface area contributed by atoms with E-state index in [1.165, 1.54) is 12.1 Å². The van der Waals surface area contributed by atoms with Crippen LogP contribution in [0, 0.1) is 0 Å². The van der Waals surface area contributed by atoms with Gasteiger partial charge >= 0.3 is 18.0 Å². The van der Waals surface area contributed by atoms with Gasteiger partial charge < -0.3 is 0 Å². The lowest BCUT2D eigenvalue weighted by Gasteiger charge is -2.46. The third-order valence-electron chi connectivity index (χ3n) is 3.89. The van der Waals surface area contributed by atoms with Crippen molar-refractivity contribution in [3.63, 3.8) is 0 Å². The lowest BCUT2D eigenvalue weighted by atomic mass is 9.85. The number of halogens is 9. The molecule has 0 spiro atoms. The van der Waals surface area contributed by atoms with Crippen molar-refractivity contribution in [1.29, 1.82) is 0 Å². The summed E-state index contributed by atoms with van der Waals surface area (Å²) >= 11 is 0. The molecule has 2 unspecified atom stereocenters. The SMILES string of the molecule is FC1=CN(F)C(F)(n2nnc3ccccc32)C(F)(CC(F)(F)F)C1(F)F. The van der Waals surface area contributed by atoms with Crippen LogP contribution in [0.15, 0.2) is 36.3 Å². The molecule has 0 saturated carbocycles. The number of benzene rings is 1. The van der Waals surface area contributed by atoms with Gasteiger partial charge in [-0.2, -0.15) is 36.1 Å². The standard InChI is InChI=1S/C13H7F9N4/c14-9-5-25(22)13(21,10(15,12(9,19)20)6-11(16,17)18)26-8-4-2-1-3-7(8)23-24-26/h1-5H,6H2. The first-order valence-electron chi connectivity index (χ1n) is 6.81. The topological polar surface area (TPSA) is 34.0 Å². The molecular weight excluding hydrogens is 383 g/mol. The van der Waals surface area contributed by atoms with Gasteiger partial charge in [0.25, 0.3) is 5.67 Å². The molecule has 1 aromatic heterocycles. The molecule has 0 N–H and O–H groups in total. The van der Waals surface area contributed by atoms with Crippen molar-refractivity contribution in [3.05, 3.63) is 36.3 Å². The zero-order chi connectivity index (χ0) is 19.5. The Morgan fingerprint density at radius 2 is 1.65 bits per heavy atom. The van der Waals surface area contributed by atoms with Crippen LogP contribution in [0.3, 0.4) is 0 Å². The number of allylic oxidation sites excluding steroid dienone is 1. The summed E-state index contributed by atoms with van der Waals surface area (Å²) in [7, 11) is 0. The highest BCUT2D eigenvalue weighted by Gasteiger charge is 2.79. The minimum atomic E-state index is -5.73. The molecule has 26 heavy (non-hydrogen) atoms. The Labute approximate surface area is 138 Å². The fourth-order valence-electron chi connectivity index (χ4n) is 2.67. The van der Waals surface area contributed by atoms with Crippen molar-refractivity contribution in [2.24, 2.45) is 0 Å². The summed E-state index contributed by atoms with van der Waals surface area (Å²) in [5, 5.41) is 4.70. The number of alkyl halides is 7. The third-order valence-corrected chi connectivity index (χ3v) is 3.89. The highest BCUT2D eigenvalue weighted by Crippen LogP contribution is 2.58. The van der Waals surface area contributed by atoms with E-state index in [1.807, 2.05) is 0 Å². The number of para-hydroxylation sites is 1. The van der Waals surface area contributed by atoms with Crippen LogP contribution >= 0.6 is 0 Å². The van der Waals surface area contributed by atoms with Crippen molar-refractivity contribution < 1.29 is 39.6 Å². The first-order valence-corrected chi connectivity index (χ1v) is 6.81. The molecule has 0 aliphatic carbocycles. The summed E-state index contributed by atoms with van der Waals surface area (Å²) < 4.78 is 124. The summed E-state index contributed by atoms with van der Waals surface area (Å²) in [6.45, 7) is 0. The third kappa shape index (κ3) is 2.25. The number of fused-ring (bicyclic) bond motifs is 1. The molecule has 0 saturated heterocycles. The van der Waals surface area contributed by atoms with Crippen molar-refractivity contribution >= 4 is 11.0 Å². The van der Waals surface area contributed by atoms with Crippen LogP contribution in [-0.4, -0.2) is 37.9 Å². The second-order valence-electron chi connectivity index (χ2n) is 5.53. The molecule has 2 aromatic rings. The predicted octanol–water partition coefficient (Wildman–Crippen LogP) is 4.32. The maximum atomic E-state index is 15.4. The van der Waals surface area contributed by atoms with E-state index in [1.54, 1.807) is 0 Å². The van der Waals surface area contributed by atoms with Crippen molar-refractivity contribution in [2.45, 2.75) is 30.1 Å². The monoisotopic (exact) mass is 390 g/mol. The van der Waals surface area contributed by atoms with Crippen LogP contribution in [0.1, 0.15) is 6.42 Å². The van der Waals surface area contributed by atoms with Crippen molar-refractivity contribution in [3.8, 4) is 0 Å². The van der Waals surface area contributed by atoms with Crippen LogP contribution in [0.2, 0.25) is 0 Å². The molecule has 13 heteroatoms. The van der Waals surface area contributed by atoms with E-state index in [4.69, 9.17) is 0 Å². The molecule has 0 amide bonds. The van der Waals surface area contributed by atoms with E-state index >= 15 is 4.39 Å². The normalized spacial score (nSPS) is 29.1. The Morgan fingerprint density at radius 3 is 2.27 bits per heavy atom. The first kappa shape index (κ1) is 18.3. The summed E-state index contributed by atoms with van der Waals surface area (Å²) in [4.78, 5) is 0. The van der Waals surface area contributed by atoms with Gasteiger partial charge in [0, 0.05) is 0 Å². The largest absolute Gasteiger partial charge is 0.392 e. The Balaban J connectivity index is 2.34. The van der Waals surface area contributed by atoms with Gasteiger partial charge in [-0.15, -0.1) is 5.10 Å². The van der Waals surface area contributed by atoms with E-state index < -0.39 is 57.5 Å². The molecule has 0 fully saturated rings. The molecule has 3 rings (SSSR count). The lowest BCUT2D eigenvalue weighted by molar-refractivity contribution is -0.347. The minimum Gasteiger partial charge on any atom is -0.228 e. The second kappa shape index (κ2) is 5.27.